The Morgan fingerprint density at radius 2 is 1.95 bits per heavy atom. The number of piperidine rings is 1. The topological polar surface area (TPSA) is 64.8 Å². The van der Waals surface area contributed by atoms with E-state index in [1.165, 1.54) is 0 Å². The number of ether oxygens (including phenoxy) is 2. The van der Waals surface area contributed by atoms with Gasteiger partial charge in [-0.2, -0.15) is 0 Å². The molecule has 2 heterocycles. The molecule has 5 heteroatoms. The first-order chi connectivity index (χ1) is 8.74. The maximum Gasteiger partial charge on any atom is 0.410 e. The van der Waals surface area contributed by atoms with E-state index in [-0.39, 0.29) is 23.7 Å². The average Bonchev–Trinajstić information content (AvgIpc) is 2.57. The summed E-state index contributed by atoms with van der Waals surface area (Å²) in [7, 11) is 0. The zero-order chi connectivity index (χ0) is 14.3. The predicted molar refractivity (Wildman–Crippen MR) is 72.9 cm³/mol. The minimum atomic E-state index is -0.438. The van der Waals surface area contributed by atoms with Gasteiger partial charge in [0.2, 0.25) is 0 Å². The number of carbonyl (C=O) groups excluding carboxylic acids is 1. The summed E-state index contributed by atoms with van der Waals surface area (Å²) in [6.07, 6.45) is 1.76. The summed E-state index contributed by atoms with van der Waals surface area (Å²) >= 11 is 0. The Balaban J connectivity index is 1.94. The number of hydrogen-bond acceptors (Lipinski definition) is 4. The Kier molecular flexibility index (Phi) is 3.80. The molecule has 0 aromatic heterocycles. The molecule has 2 aliphatic rings. The fourth-order valence-corrected chi connectivity index (χ4v) is 3.09. The fourth-order valence-electron chi connectivity index (χ4n) is 3.09. The molecule has 2 saturated heterocycles. The second-order valence-electron chi connectivity index (χ2n) is 6.78. The van der Waals surface area contributed by atoms with Crippen molar-refractivity contribution >= 4 is 6.09 Å². The van der Waals surface area contributed by atoms with Crippen LogP contribution in [0.4, 0.5) is 4.79 Å². The summed E-state index contributed by atoms with van der Waals surface area (Å²) in [5.41, 5.74) is 5.80. The van der Waals surface area contributed by atoms with Crippen LogP contribution in [0.25, 0.3) is 0 Å². The molecule has 0 aromatic rings. The Bertz CT molecular complexity index is 331. The van der Waals surface area contributed by atoms with Crippen molar-refractivity contribution < 1.29 is 14.3 Å². The molecule has 0 radical (unpaired) electrons. The van der Waals surface area contributed by atoms with E-state index < -0.39 is 5.60 Å². The van der Waals surface area contributed by atoms with Gasteiger partial charge in [0.25, 0.3) is 0 Å². The van der Waals surface area contributed by atoms with Crippen molar-refractivity contribution in [3.63, 3.8) is 0 Å². The van der Waals surface area contributed by atoms with Crippen molar-refractivity contribution in [1.82, 2.24) is 4.90 Å². The van der Waals surface area contributed by atoms with Crippen LogP contribution in [-0.4, -0.2) is 48.4 Å². The molecule has 2 rings (SSSR count). The van der Waals surface area contributed by atoms with Crippen LogP contribution in [0.15, 0.2) is 0 Å². The Morgan fingerprint density at radius 1 is 1.37 bits per heavy atom. The quantitative estimate of drug-likeness (QED) is 0.728. The van der Waals surface area contributed by atoms with E-state index in [4.69, 9.17) is 15.2 Å². The molecule has 19 heavy (non-hydrogen) atoms. The Hall–Kier alpha value is -0.810. The molecule has 1 amide bonds. The van der Waals surface area contributed by atoms with Gasteiger partial charge in [0.1, 0.15) is 5.60 Å². The van der Waals surface area contributed by atoms with E-state index in [9.17, 15) is 4.79 Å². The molecule has 0 aromatic carbocycles. The molecule has 2 unspecified atom stereocenters. The third-order valence-electron chi connectivity index (χ3n) is 4.42. The second kappa shape index (κ2) is 4.94. The van der Waals surface area contributed by atoms with Gasteiger partial charge in [0.05, 0.1) is 12.7 Å². The summed E-state index contributed by atoms with van der Waals surface area (Å²) in [4.78, 5) is 13.8. The first-order valence-electron chi connectivity index (χ1n) is 7.10. The van der Waals surface area contributed by atoms with Gasteiger partial charge in [-0.25, -0.2) is 4.79 Å². The van der Waals surface area contributed by atoms with E-state index >= 15 is 0 Å². The largest absolute Gasteiger partial charge is 0.444 e. The molecule has 2 atom stereocenters. The lowest BCUT2D eigenvalue weighted by Crippen LogP contribution is -2.53. The van der Waals surface area contributed by atoms with Gasteiger partial charge in [-0.1, -0.05) is 0 Å². The molecule has 0 aliphatic carbocycles. The first kappa shape index (κ1) is 14.6. The van der Waals surface area contributed by atoms with Crippen LogP contribution in [0.5, 0.6) is 0 Å². The highest BCUT2D eigenvalue weighted by Gasteiger charge is 2.49. The molecule has 0 saturated carbocycles. The number of hydrogen-bond donors (Lipinski definition) is 1. The van der Waals surface area contributed by atoms with Crippen LogP contribution < -0.4 is 5.73 Å². The molecule has 110 valence electrons. The molecule has 0 bridgehead atoms. The second-order valence-corrected chi connectivity index (χ2v) is 6.78. The van der Waals surface area contributed by atoms with Crippen LogP contribution in [0.2, 0.25) is 0 Å². The molecule has 2 fully saturated rings. The van der Waals surface area contributed by atoms with E-state index in [1.807, 2.05) is 20.8 Å². The Labute approximate surface area is 115 Å². The lowest BCUT2D eigenvalue weighted by molar-refractivity contribution is -0.00790. The number of nitrogens with zero attached hydrogens (tertiary/aromatic N) is 1. The SMILES string of the molecule is CC1OCC(N)C12CCN(C(=O)OC(C)(C)C)CC2. The van der Waals surface area contributed by atoms with Gasteiger partial charge >= 0.3 is 6.09 Å². The third-order valence-corrected chi connectivity index (χ3v) is 4.42. The van der Waals surface area contributed by atoms with Crippen molar-refractivity contribution in [3.8, 4) is 0 Å². The van der Waals surface area contributed by atoms with Gasteiger partial charge < -0.3 is 20.1 Å². The first-order valence-corrected chi connectivity index (χ1v) is 7.10. The van der Waals surface area contributed by atoms with Crippen LogP contribution in [0, 0.1) is 5.41 Å². The van der Waals surface area contributed by atoms with Gasteiger partial charge in [-0.3, -0.25) is 0 Å². The maximum absolute atomic E-state index is 12.0. The van der Waals surface area contributed by atoms with Crippen LogP contribution in [-0.2, 0) is 9.47 Å². The average molecular weight is 270 g/mol. The van der Waals surface area contributed by atoms with E-state index in [2.05, 4.69) is 6.92 Å². The molecule has 2 N–H and O–H groups in total. The summed E-state index contributed by atoms with van der Waals surface area (Å²) < 4.78 is 11.1. The minimum absolute atomic E-state index is 0.0402. The monoisotopic (exact) mass is 270 g/mol. The van der Waals surface area contributed by atoms with E-state index in [0.717, 1.165) is 12.8 Å². The molecular weight excluding hydrogens is 244 g/mol. The van der Waals surface area contributed by atoms with Crippen molar-refractivity contribution in [1.29, 1.82) is 0 Å². The number of nitrogens with two attached hydrogens (primary N) is 1. The molecular formula is C14H26N2O3. The van der Waals surface area contributed by atoms with Crippen LogP contribution in [0.1, 0.15) is 40.5 Å². The van der Waals surface area contributed by atoms with Crippen LogP contribution in [0.3, 0.4) is 0 Å². The van der Waals surface area contributed by atoms with Crippen molar-refractivity contribution in [2.45, 2.75) is 58.3 Å². The highest BCUT2D eigenvalue weighted by molar-refractivity contribution is 5.68. The van der Waals surface area contributed by atoms with Crippen molar-refractivity contribution in [3.05, 3.63) is 0 Å². The van der Waals surface area contributed by atoms with Gasteiger partial charge in [-0.05, 0) is 40.5 Å². The lowest BCUT2D eigenvalue weighted by Gasteiger charge is -2.43. The minimum Gasteiger partial charge on any atom is -0.444 e. The highest BCUT2D eigenvalue weighted by atomic mass is 16.6. The summed E-state index contributed by atoms with van der Waals surface area (Å²) in [5.74, 6) is 0. The smallest absolute Gasteiger partial charge is 0.410 e. The maximum atomic E-state index is 12.0. The summed E-state index contributed by atoms with van der Waals surface area (Å²) in [6, 6.07) is 0.0864. The number of likely N-dealkylation sites (tertiary alicyclic amines) is 1. The standard InChI is InChI=1S/C14H26N2O3/c1-10-14(11(15)9-18-10)5-7-16(8-6-14)12(17)19-13(2,3)4/h10-11H,5-9,15H2,1-4H3. The van der Waals surface area contributed by atoms with Gasteiger partial charge in [0.15, 0.2) is 0 Å². The zero-order valence-electron chi connectivity index (χ0n) is 12.4. The normalized spacial score (nSPS) is 30.7. The number of amides is 1. The van der Waals surface area contributed by atoms with E-state index in [0.29, 0.717) is 19.7 Å². The predicted octanol–water partition coefficient (Wildman–Crippen LogP) is 1.75. The molecule has 5 nitrogen and oxygen atoms in total. The highest BCUT2D eigenvalue weighted by Crippen LogP contribution is 2.43. The van der Waals surface area contributed by atoms with Crippen molar-refractivity contribution in [2.24, 2.45) is 11.1 Å². The third kappa shape index (κ3) is 2.87. The van der Waals surface area contributed by atoms with Gasteiger partial charge in [-0.15, -0.1) is 0 Å². The zero-order valence-corrected chi connectivity index (χ0v) is 12.4. The Morgan fingerprint density at radius 3 is 2.37 bits per heavy atom. The number of carbonyl (C=O) groups is 1. The van der Waals surface area contributed by atoms with Gasteiger partial charge in [0, 0.05) is 24.5 Å². The summed E-state index contributed by atoms with van der Waals surface area (Å²) in [5, 5.41) is 0. The molecule has 1 spiro atoms. The summed E-state index contributed by atoms with van der Waals surface area (Å²) in [6.45, 7) is 9.80. The van der Waals surface area contributed by atoms with Crippen LogP contribution >= 0.6 is 0 Å². The molecule has 2 aliphatic heterocycles. The van der Waals surface area contributed by atoms with E-state index in [1.54, 1.807) is 4.90 Å². The fraction of sp³-hybridized carbons (Fsp3) is 0.929. The van der Waals surface area contributed by atoms with Crippen molar-refractivity contribution in [2.75, 3.05) is 19.7 Å². The lowest BCUT2D eigenvalue weighted by atomic mass is 9.71. The number of rotatable bonds is 0.